The minimum Gasteiger partial charge on any atom is -0.389 e. The van der Waals surface area contributed by atoms with E-state index in [0.29, 0.717) is 18.7 Å². The molecule has 106 valence electrons. The zero-order valence-electron chi connectivity index (χ0n) is 10.8. The smallest absolute Gasteiger partial charge is 0.389 e. The highest BCUT2D eigenvalue weighted by atomic mass is 32.1. The first-order valence-electron chi connectivity index (χ1n) is 5.94. The summed E-state index contributed by atoms with van der Waals surface area (Å²) in [6.45, 7) is 4.93. The van der Waals surface area contributed by atoms with Gasteiger partial charge in [0.25, 0.3) is 0 Å². The van der Waals surface area contributed by atoms with Gasteiger partial charge in [0.05, 0.1) is 5.56 Å². The Balaban J connectivity index is 3.33. The average Bonchev–Trinajstić information content (AvgIpc) is 2.34. The van der Waals surface area contributed by atoms with E-state index < -0.39 is 11.9 Å². The van der Waals surface area contributed by atoms with Gasteiger partial charge in [0, 0.05) is 13.1 Å². The molecular formula is C12H16F3N3S. The standard InChI is InChI=1S/C12H16F3N3S/c1-3-7-18(4-2)11-8(10(16)19)5-6-9(17-11)12(13,14)15/h5-6H,3-4,7H2,1-2H3,(H2,16,19). The molecule has 1 heterocycles. The number of thiocarbonyl (C=S) groups is 1. The third-order valence-electron chi connectivity index (χ3n) is 2.61. The lowest BCUT2D eigenvalue weighted by atomic mass is 10.2. The first-order chi connectivity index (χ1) is 8.81. The van der Waals surface area contributed by atoms with Crippen molar-refractivity contribution in [2.24, 2.45) is 5.73 Å². The van der Waals surface area contributed by atoms with Gasteiger partial charge in [-0.3, -0.25) is 0 Å². The van der Waals surface area contributed by atoms with Gasteiger partial charge in [-0.25, -0.2) is 4.98 Å². The number of alkyl halides is 3. The average molecular weight is 291 g/mol. The van der Waals surface area contributed by atoms with Crippen molar-refractivity contribution in [1.82, 2.24) is 4.98 Å². The van der Waals surface area contributed by atoms with Crippen LogP contribution >= 0.6 is 12.2 Å². The maximum atomic E-state index is 12.7. The van der Waals surface area contributed by atoms with Gasteiger partial charge in [-0.2, -0.15) is 13.2 Å². The number of rotatable bonds is 5. The van der Waals surface area contributed by atoms with Crippen LogP contribution in [0.15, 0.2) is 12.1 Å². The highest BCUT2D eigenvalue weighted by Gasteiger charge is 2.33. The number of nitrogens with two attached hydrogens (primary N) is 1. The first-order valence-corrected chi connectivity index (χ1v) is 6.35. The molecule has 1 aromatic rings. The van der Waals surface area contributed by atoms with Gasteiger partial charge in [0.2, 0.25) is 0 Å². The summed E-state index contributed by atoms with van der Waals surface area (Å²) in [6.07, 6.45) is -3.68. The molecule has 0 spiro atoms. The molecule has 2 N–H and O–H groups in total. The maximum Gasteiger partial charge on any atom is 0.433 e. The second-order valence-electron chi connectivity index (χ2n) is 4.01. The number of pyridine rings is 1. The van der Waals surface area contributed by atoms with Gasteiger partial charge in [-0.15, -0.1) is 0 Å². The Bertz CT molecular complexity index is 460. The predicted molar refractivity (Wildman–Crippen MR) is 73.3 cm³/mol. The number of hydrogen-bond acceptors (Lipinski definition) is 3. The van der Waals surface area contributed by atoms with Gasteiger partial charge in [0.1, 0.15) is 16.5 Å². The third kappa shape index (κ3) is 3.79. The quantitative estimate of drug-likeness (QED) is 0.847. The summed E-state index contributed by atoms with van der Waals surface area (Å²) in [4.78, 5) is 5.48. The molecule has 0 aliphatic heterocycles. The monoisotopic (exact) mass is 291 g/mol. The molecule has 1 aromatic heterocycles. The molecule has 0 saturated heterocycles. The van der Waals surface area contributed by atoms with E-state index >= 15 is 0 Å². The highest BCUT2D eigenvalue weighted by Crippen LogP contribution is 2.30. The zero-order valence-corrected chi connectivity index (χ0v) is 11.6. The van der Waals surface area contributed by atoms with Gasteiger partial charge >= 0.3 is 6.18 Å². The lowest BCUT2D eigenvalue weighted by molar-refractivity contribution is -0.141. The SMILES string of the molecule is CCCN(CC)c1nc(C(F)(F)F)ccc1C(N)=S. The molecule has 0 aliphatic carbocycles. The molecule has 19 heavy (non-hydrogen) atoms. The normalized spacial score (nSPS) is 11.4. The van der Waals surface area contributed by atoms with Crippen molar-refractivity contribution < 1.29 is 13.2 Å². The Morgan fingerprint density at radius 2 is 2.00 bits per heavy atom. The van der Waals surface area contributed by atoms with Crippen LogP contribution in [0.25, 0.3) is 0 Å². The molecule has 0 aliphatic rings. The van der Waals surface area contributed by atoms with E-state index in [9.17, 15) is 13.2 Å². The highest BCUT2D eigenvalue weighted by molar-refractivity contribution is 7.80. The number of halogens is 3. The minimum atomic E-state index is -4.48. The topological polar surface area (TPSA) is 42.2 Å². The summed E-state index contributed by atoms with van der Waals surface area (Å²) in [5, 5.41) is 0. The van der Waals surface area contributed by atoms with Crippen LogP contribution in [-0.4, -0.2) is 23.1 Å². The van der Waals surface area contributed by atoms with Crippen LogP contribution in [0.5, 0.6) is 0 Å². The second-order valence-corrected chi connectivity index (χ2v) is 4.45. The molecule has 0 unspecified atom stereocenters. The molecule has 0 fully saturated rings. The molecule has 1 rings (SSSR count). The lowest BCUT2D eigenvalue weighted by Gasteiger charge is -2.24. The van der Waals surface area contributed by atoms with Crippen LogP contribution in [-0.2, 0) is 6.18 Å². The van der Waals surface area contributed by atoms with Crippen molar-refractivity contribution in [2.45, 2.75) is 26.4 Å². The lowest BCUT2D eigenvalue weighted by Crippen LogP contribution is -2.29. The Morgan fingerprint density at radius 3 is 2.42 bits per heavy atom. The van der Waals surface area contributed by atoms with Crippen LogP contribution in [0.4, 0.5) is 19.0 Å². The fourth-order valence-electron chi connectivity index (χ4n) is 1.72. The molecular weight excluding hydrogens is 275 g/mol. The summed E-state index contributed by atoms with van der Waals surface area (Å²) < 4.78 is 38.1. The van der Waals surface area contributed by atoms with E-state index in [1.165, 1.54) is 6.07 Å². The maximum absolute atomic E-state index is 12.7. The molecule has 0 radical (unpaired) electrons. The molecule has 0 atom stereocenters. The number of aromatic nitrogens is 1. The predicted octanol–water partition coefficient (Wildman–Crippen LogP) is 2.97. The molecule has 0 bridgehead atoms. The van der Waals surface area contributed by atoms with E-state index in [-0.39, 0.29) is 10.8 Å². The Hall–Kier alpha value is -1.37. The molecule has 0 saturated carbocycles. The first kappa shape index (κ1) is 15.7. The van der Waals surface area contributed by atoms with Crippen molar-refractivity contribution in [2.75, 3.05) is 18.0 Å². The summed E-state index contributed by atoms with van der Waals surface area (Å²) in [5.41, 5.74) is 4.99. The van der Waals surface area contributed by atoms with Crippen LogP contribution < -0.4 is 10.6 Å². The summed E-state index contributed by atoms with van der Waals surface area (Å²) in [6, 6.07) is 2.18. The Labute approximate surface area is 115 Å². The number of nitrogens with zero attached hydrogens (tertiary/aromatic N) is 2. The fourth-order valence-corrected chi connectivity index (χ4v) is 1.88. The van der Waals surface area contributed by atoms with Crippen LogP contribution in [0, 0.1) is 0 Å². The van der Waals surface area contributed by atoms with Crippen LogP contribution in [0.1, 0.15) is 31.5 Å². The third-order valence-corrected chi connectivity index (χ3v) is 2.83. The van der Waals surface area contributed by atoms with Crippen LogP contribution in [0.3, 0.4) is 0 Å². The zero-order chi connectivity index (χ0) is 14.6. The van der Waals surface area contributed by atoms with E-state index in [2.05, 4.69) is 4.98 Å². The van der Waals surface area contributed by atoms with Gasteiger partial charge in [0.15, 0.2) is 0 Å². The van der Waals surface area contributed by atoms with Crippen LogP contribution in [0.2, 0.25) is 0 Å². The minimum absolute atomic E-state index is 0.0470. The van der Waals surface area contributed by atoms with Gasteiger partial charge < -0.3 is 10.6 Å². The summed E-state index contributed by atoms with van der Waals surface area (Å²) >= 11 is 4.87. The van der Waals surface area contributed by atoms with Gasteiger partial charge in [-0.05, 0) is 25.5 Å². The summed E-state index contributed by atoms with van der Waals surface area (Å²) in [5.74, 6) is 0.201. The number of hydrogen-bond donors (Lipinski definition) is 1. The Morgan fingerprint density at radius 1 is 1.37 bits per heavy atom. The molecule has 0 amide bonds. The van der Waals surface area contributed by atoms with E-state index in [1.54, 1.807) is 4.90 Å². The van der Waals surface area contributed by atoms with Gasteiger partial charge in [-0.1, -0.05) is 19.1 Å². The van der Waals surface area contributed by atoms with E-state index in [4.69, 9.17) is 18.0 Å². The Kier molecular flexibility index (Phi) is 5.11. The largest absolute Gasteiger partial charge is 0.433 e. The van der Waals surface area contributed by atoms with Crippen molar-refractivity contribution in [1.29, 1.82) is 0 Å². The van der Waals surface area contributed by atoms with Crippen molar-refractivity contribution in [3.05, 3.63) is 23.4 Å². The summed E-state index contributed by atoms with van der Waals surface area (Å²) in [7, 11) is 0. The van der Waals surface area contributed by atoms with Crippen molar-refractivity contribution in [3.8, 4) is 0 Å². The second kappa shape index (κ2) is 6.18. The van der Waals surface area contributed by atoms with E-state index in [0.717, 1.165) is 12.5 Å². The molecule has 0 aromatic carbocycles. The number of anilines is 1. The van der Waals surface area contributed by atoms with Crippen molar-refractivity contribution >= 4 is 23.0 Å². The molecule has 3 nitrogen and oxygen atoms in total. The van der Waals surface area contributed by atoms with E-state index in [1.807, 2.05) is 13.8 Å². The molecule has 7 heteroatoms. The van der Waals surface area contributed by atoms with Crippen molar-refractivity contribution in [3.63, 3.8) is 0 Å². The fraction of sp³-hybridized carbons (Fsp3) is 0.500.